The Hall–Kier alpha value is -1.32. The maximum atomic E-state index is 12.3. The van der Waals surface area contributed by atoms with Crippen molar-refractivity contribution in [2.24, 2.45) is 5.92 Å². The second kappa shape index (κ2) is 6.63. The van der Waals surface area contributed by atoms with Crippen LogP contribution >= 0.6 is 0 Å². The molecule has 0 spiro atoms. The molecule has 0 aromatic carbocycles. The number of hydrogen-bond donors (Lipinski definition) is 2. The topological polar surface area (TPSA) is 100 Å². The van der Waals surface area contributed by atoms with Gasteiger partial charge in [-0.05, 0) is 46.2 Å². The van der Waals surface area contributed by atoms with Crippen molar-refractivity contribution in [3.8, 4) is 0 Å². The van der Waals surface area contributed by atoms with E-state index in [4.69, 9.17) is 0 Å². The lowest BCUT2D eigenvalue weighted by Gasteiger charge is -2.30. The first-order chi connectivity index (χ1) is 9.92. The first kappa shape index (κ1) is 16.1. The normalized spacial score (nSPS) is 17.9. The van der Waals surface area contributed by atoms with Crippen LogP contribution in [0.1, 0.15) is 24.2 Å². The number of nitrogens with one attached hydrogen (secondary N) is 2. The predicted molar refractivity (Wildman–Crippen MR) is 80.1 cm³/mol. The fourth-order valence-corrected chi connectivity index (χ4v) is 3.46. The third-order valence-electron chi connectivity index (χ3n) is 3.72. The van der Waals surface area contributed by atoms with Crippen LogP contribution in [0.15, 0.2) is 0 Å². The van der Waals surface area contributed by atoms with Gasteiger partial charge in [0.1, 0.15) is 0 Å². The smallest absolute Gasteiger partial charge is 0.304 e. The minimum Gasteiger partial charge on any atom is -0.319 e. The molecule has 1 aliphatic heterocycles. The molecule has 0 saturated carbocycles. The second-order valence-corrected chi connectivity index (χ2v) is 6.98. The summed E-state index contributed by atoms with van der Waals surface area (Å²) in [5.74, 6) is 0.552. The van der Waals surface area contributed by atoms with Crippen LogP contribution in [-0.2, 0) is 10.2 Å². The molecule has 9 heteroatoms. The zero-order chi connectivity index (χ0) is 15.5. The highest BCUT2D eigenvalue weighted by molar-refractivity contribution is 7.90. The van der Waals surface area contributed by atoms with Gasteiger partial charge in [0, 0.05) is 13.1 Å². The van der Waals surface area contributed by atoms with Crippen LogP contribution in [0.5, 0.6) is 0 Å². The molecule has 0 amide bonds. The van der Waals surface area contributed by atoms with Gasteiger partial charge >= 0.3 is 10.2 Å². The summed E-state index contributed by atoms with van der Waals surface area (Å²) in [6.07, 6.45) is 1.71. The number of nitrogens with zero attached hydrogens (tertiary/aromatic N) is 4. The summed E-state index contributed by atoms with van der Waals surface area (Å²) in [4.78, 5) is 4.10. The average molecular weight is 314 g/mol. The summed E-state index contributed by atoms with van der Waals surface area (Å²) < 4.78 is 28.5. The lowest BCUT2D eigenvalue weighted by atomic mass is 9.98. The first-order valence-corrected chi connectivity index (χ1v) is 8.47. The highest BCUT2D eigenvalue weighted by atomic mass is 32.2. The zero-order valence-corrected chi connectivity index (χ0v) is 13.4. The number of anilines is 1. The quantitative estimate of drug-likeness (QED) is 0.798. The van der Waals surface area contributed by atoms with E-state index in [-0.39, 0.29) is 5.95 Å². The van der Waals surface area contributed by atoms with Crippen LogP contribution in [0.4, 0.5) is 5.95 Å². The average Bonchev–Trinajstić information content (AvgIpc) is 2.44. The Morgan fingerprint density at radius 1 is 1.19 bits per heavy atom. The van der Waals surface area contributed by atoms with Gasteiger partial charge in [0.25, 0.3) is 5.95 Å². The summed E-state index contributed by atoms with van der Waals surface area (Å²) in [6.45, 7) is 5.50. The van der Waals surface area contributed by atoms with Gasteiger partial charge in [-0.1, -0.05) is 0 Å². The molecule has 2 heterocycles. The van der Waals surface area contributed by atoms with E-state index in [0.29, 0.717) is 30.4 Å². The number of aryl methyl sites for hydroxylation is 2. The number of rotatable bonds is 5. The highest BCUT2D eigenvalue weighted by Gasteiger charge is 2.28. The molecule has 0 atom stereocenters. The molecule has 0 aliphatic carbocycles. The van der Waals surface area contributed by atoms with Crippen LogP contribution in [-0.4, -0.2) is 54.6 Å². The third kappa shape index (κ3) is 4.08. The molecule has 118 valence electrons. The van der Waals surface area contributed by atoms with E-state index < -0.39 is 10.2 Å². The van der Waals surface area contributed by atoms with E-state index in [9.17, 15) is 8.42 Å². The van der Waals surface area contributed by atoms with Gasteiger partial charge in [-0.15, -0.1) is 5.10 Å². The number of hydrogen-bond acceptors (Lipinski definition) is 6. The fourth-order valence-electron chi connectivity index (χ4n) is 2.32. The summed E-state index contributed by atoms with van der Waals surface area (Å²) in [5.41, 5.74) is 1.35. The van der Waals surface area contributed by atoms with Crippen LogP contribution in [0.3, 0.4) is 0 Å². The van der Waals surface area contributed by atoms with Gasteiger partial charge in [0.15, 0.2) is 0 Å². The Labute approximate surface area is 125 Å². The third-order valence-corrected chi connectivity index (χ3v) is 5.20. The van der Waals surface area contributed by atoms with Crippen LogP contribution in [0.2, 0.25) is 0 Å². The van der Waals surface area contributed by atoms with Crippen molar-refractivity contribution in [3.63, 3.8) is 0 Å². The largest absolute Gasteiger partial charge is 0.319 e. The summed E-state index contributed by atoms with van der Waals surface area (Å²) >= 11 is 0. The summed E-state index contributed by atoms with van der Waals surface area (Å²) in [6, 6.07) is 0. The molecule has 2 rings (SSSR count). The fraction of sp³-hybridized carbons (Fsp3) is 0.750. The highest BCUT2D eigenvalue weighted by Crippen LogP contribution is 2.19. The molecule has 21 heavy (non-hydrogen) atoms. The Kier molecular flexibility index (Phi) is 5.07. The minimum atomic E-state index is -3.61. The van der Waals surface area contributed by atoms with Crippen molar-refractivity contribution in [2.75, 3.05) is 31.4 Å². The second-order valence-electron chi connectivity index (χ2n) is 5.31. The van der Waals surface area contributed by atoms with Crippen LogP contribution in [0, 0.1) is 19.8 Å². The summed E-state index contributed by atoms with van der Waals surface area (Å²) in [7, 11) is -1.69. The first-order valence-electron chi connectivity index (χ1n) is 7.03. The molecular formula is C12H22N6O2S. The molecule has 2 N–H and O–H groups in total. The molecule has 0 radical (unpaired) electrons. The van der Waals surface area contributed by atoms with Gasteiger partial charge in [-0.2, -0.15) is 17.8 Å². The Morgan fingerprint density at radius 3 is 2.43 bits per heavy atom. The SMILES string of the molecule is CNCC1CCN(S(=O)(=O)Nc2nnc(C)c(C)n2)CC1. The predicted octanol–water partition coefficient (Wildman–Crippen LogP) is 0.0765. The maximum Gasteiger partial charge on any atom is 0.304 e. The molecule has 1 aromatic rings. The molecule has 1 aromatic heterocycles. The van der Waals surface area contributed by atoms with E-state index in [1.165, 1.54) is 4.31 Å². The Balaban J connectivity index is 2.00. The van der Waals surface area contributed by atoms with Crippen molar-refractivity contribution < 1.29 is 8.42 Å². The van der Waals surface area contributed by atoms with Gasteiger partial charge in [0.05, 0.1) is 11.4 Å². The van der Waals surface area contributed by atoms with E-state index in [1.807, 2.05) is 7.05 Å². The molecular weight excluding hydrogens is 292 g/mol. The molecule has 8 nitrogen and oxygen atoms in total. The van der Waals surface area contributed by atoms with E-state index in [1.54, 1.807) is 13.8 Å². The van der Waals surface area contributed by atoms with Crippen molar-refractivity contribution in [3.05, 3.63) is 11.4 Å². The van der Waals surface area contributed by atoms with E-state index >= 15 is 0 Å². The monoisotopic (exact) mass is 314 g/mol. The van der Waals surface area contributed by atoms with Gasteiger partial charge in [-0.25, -0.2) is 9.71 Å². The molecule has 1 saturated heterocycles. The number of piperidine rings is 1. The number of aromatic nitrogens is 3. The van der Waals surface area contributed by atoms with Gasteiger partial charge in [-0.3, -0.25) is 0 Å². The van der Waals surface area contributed by atoms with E-state index in [0.717, 1.165) is 19.4 Å². The molecule has 0 unspecified atom stereocenters. The van der Waals surface area contributed by atoms with Crippen LogP contribution < -0.4 is 10.0 Å². The lowest BCUT2D eigenvalue weighted by Crippen LogP contribution is -2.43. The standard InChI is InChI=1S/C12H22N6O2S/c1-9-10(2)15-16-12(14-9)17-21(19,20)18-6-4-11(5-7-18)8-13-3/h11,13H,4-8H2,1-3H3,(H,14,16,17). The van der Waals surface area contributed by atoms with Crippen LogP contribution in [0.25, 0.3) is 0 Å². The van der Waals surface area contributed by atoms with Gasteiger partial charge < -0.3 is 5.32 Å². The van der Waals surface area contributed by atoms with E-state index in [2.05, 4.69) is 25.2 Å². The Bertz CT molecular complexity index is 583. The van der Waals surface area contributed by atoms with Crippen molar-refractivity contribution in [1.29, 1.82) is 0 Å². The Morgan fingerprint density at radius 2 is 1.86 bits per heavy atom. The zero-order valence-electron chi connectivity index (χ0n) is 12.6. The maximum absolute atomic E-state index is 12.3. The van der Waals surface area contributed by atoms with Gasteiger partial charge in [0.2, 0.25) is 0 Å². The summed E-state index contributed by atoms with van der Waals surface area (Å²) in [5, 5.41) is 10.8. The molecule has 0 bridgehead atoms. The molecule has 1 aliphatic rings. The minimum absolute atomic E-state index is 0.0236. The molecule has 1 fully saturated rings. The van der Waals surface area contributed by atoms with Crippen molar-refractivity contribution >= 4 is 16.2 Å². The van der Waals surface area contributed by atoms with Crippen molar-refractivity contribution in [1.82, 2.24) is 24.8 Å². The lowest BCUT2D eigenvalue weighted by molar-refractivity contribution is 0.272. The van der Waals surface area contributed by atoms with Crippen molar-refractivity contribution in [2.45, 2.75) is 26.7 Å².